The Morgan fingerprint density at radius 2 is 1.85 bits per heavy atom. The zero-order chi connectivity index (χ0) is 28.0. The van der Waals surface area contributed by atoms with E-state index in [-0.39, 0.29) is 36.2 Å². The minimum Gasteiger partial charge on any atom is -0.504 e. The van der Waals surface area contributed by atoms with Crippen LogP contribution >= 0.6 is 0 Å². The van der Waals surface area contributed by atoms with Gasteiger partial charge < -0.3 is 23.9 Å². The van der Waals surface area contributed by atoms with Gasteiger partial charge in [-0.1, -0.05) is 36.4 Å². The highest BCUT2D eigenvalue weighted by Gasteiger charge is 2.37. The summed E-state index contributed by atoms with van der Waals surface area (Å²) in [6, 6.07) is 19.4. The van der Waals surface area contributed by atoms with Crippen molar-refractivity contribution in [2.24, 2.45) is 0 Å². The molecule has 0 fully saturated rings. The third kappa shape index (κ3) is 4.55. The van der Waals surface area contributed by atoms with Gasteiger partial charge >= 0.3 is 6.18 Å². The molecule has 0 saturated carbocycles. The fourth-order valence-electron chi connectivity index (χ4n) is 5.23. The summed E-state index contributed by atoms with van der Waals surface area (Å²) in [5.41, 5.74) is 1.01. The molecule has 5 aromatic rings. The van der Waals surface area contributed by atoms with Gasteiger partial charge in [-0.05, 0) is 52.7 Å². The molecule has 1 aliphatic heterocycles. The highest BCUT2D eigenvalue weighted by atomic mass is 19.4. The van der Waals surface area contributed by atoms with E-state index in [0.717, 1.165) is 22.9 Å². The minimum absolute atomic E-state index is 0.125. The number of rotatable bonds is 5. The van der Waals surface area contributed by atoms with Gasteiger partial charge in [0.2, 0.25) is 0 Å². The van der Waals surface area contributed by atoms with E-state index in [4.69, 9.17) is 9.47 Å². The first-order chi connectivity index (χ1) is 19.2. The smallest absolute Gasteiger partial charge is 0.416 e. The highest BCUT2D eigenvalue weighted by molar-refractivity contribution is 5.84. The van der Waals surface area contributed by atoms with E-state index >= 15 is 0 Å². The lowest BCUT2D eigenvalue weighted by molar-refractivity contribution is -0.137. The first-order valence-electron chi connectivity index (χ1n) is 12.6. The lowest BCUT2D eigenvalue weighted by Gasteiger charge is -2.36. The van der Waals surface area contributed by atoms with E-state index in [1.54, 1.807) is 27.5 Å². The van der Waals surface area contributed by atoms with Crippen LogP contribution in [-0.4, -0.2) is 45.6 Å². The van der Waals surface area contributed by atoms with Gasteiger partial charge in [0.05, 0.1) is 30.1 Å². The number of fused-ring (bicyclic) bond motifs is 4. The van der Waals surface area contributed by atoms with Crippen LogP contribution in [0, 0.1) is 0 Å². The van der Waals surface area contributed by atoms with Gasteiger partial charge in [-0.2, -0.15) is 13.2 Å². The minimum atomic E-state index is -4.52. The molecule has 0 aliphatic carbocycles. The van der Waals surface area contributed by atoms with E-state index < -0.39 is 17.8 Å². The lowest BCUT2D eigenvalue weighted by Crippen LogP contribution is -2.43. The van der Waals surface area contributed by atoms with Gasteiger partial charge in [-0.3, -0.25) is 4.79 Å². The predicted molar refractivity (Wildman–Crippen MR) is 142 cm³/mol. The van der Waals surface area contributed by atoms with Crippen molar-refractivity contribution in [1.29, 1.82) is 0 Å². The van der Waals surface area contributed by atoms with Gasteiger partial charge in [0.25, 0.3) is 5.91 Å². The summed E-state index contributed by atoms with van der Waals surface area (Å²) in [6.07, 6.45) is -2.85. The van der Waals surface area contributed by atoms with Crippen molar-refractivity contribution in [2.45, 2.75) is 18.6 Å². The van der Waals surface area contributed by atoms with Crippen LogP contribution in [0.3, 0.4) is 0 Å². The van der Waals surface area contributed by atoms with Gasteiger partial charge in [0.1, 0.15) is 11.4 Å². The lowest BCUT2D eigenvalue weighted by atomic mass is 9.95. The SMILES string of the molecule is COc1ccc(C2c3c(nc4cc(C(F)(F)F)ccn34)CCN2C(=O)COc2ccc3ccccc3c2)cc1O. The molecule has 1 aliphatic rings. The molecule has 0 saturated heterocycles. The number of hydrogen-bond donors (Lipinski definition) is 1. The zero-order valence-corrected chi connectivity index (χ0v) is 21.4. The van der Waals surface area contributed by atoms with Crippen molar-refractivity contribution < 1.29 is 32.5 Å². The zero-order valence-electron chi connectivity index (χ0n) is 21.4. The maximum atomic E-state index is 13.6. The van der Waals surface area contributed by atoms with Crippen LogP contribution in [0.2, 0.25) is 0 Å². The van der Waals surface area contributed by atoms with Crippen LogP contribution < -0.4 is 9.47 Å². The summed E-state index contributed by atoms with van der Waals surface area (Å²) in [6.45, 7) is 0.0155. The van der Waals surface area contributed by atoms with E-state index in [2.05, 4.69) is 4.98 Å². The molecule has 1 atom stereocenters. The van der Waals surface area contributed by atoms with Gasteiger partial charge in [-0.15, -0.1) is 0 Å². The summed E-state index contributed by atoms with van der Waals surface area (Å²) < 4.78 is 52.8. The first-order valence-corrected chi connectivity index (χ1v) is 12.6. The van der Waals surface area contributed by atoms with E-state index in [1.807, 2.05) is 36.4 Å². The summed E-state index contributed by atoms with van der Waals surface area (Å²) in [4.78, 5) is 19.7. The normalized spacial score (nSPS) is 15.3. The number of nitrogens with zero attached hydrogens (tertiary/aromatic N) is 3. The number of aromatic hydroxyl groups is 1. The number of ether oxygens (including phenoxy) is 2. The van der Waals surface area contributed by atoms with E-state index in [1.165, 1.54) is 19.4 Å². The average Bonchev–Trinajstić information content (AvgIpc) is 3.33. The molecule has 0 bridgehead atoms. The number of amides is 1. The Hall–Kier alpha value is -4.73. The second kappa shape index (κ2) is 9.78. The third-order valence-electron chi connectivity index (χ3n) is 7.15. The van der Waals surface area contributed by atoms with Crippen molar-refractivity contribution >= 4 is 22.3 Å². The third-order valence-corrected chi connectivity index (χ3v) is 7.15. The Morgan fingerprint density at radius 3 is 2.60 bits per heavy atom. The fourth-order valence-corrected chi connectivity index (χ4v) is 5.23. The standard InChI is InChI=1S/C30H24F3N3O4/c1-39-25-9-7-20(15-24(25)37)28-29-23(34-26-16-21(30(31,32)33)10-12-35(26)29)11-13-36(28)27(38)17-40-22-8-6-18-4-2-3-5-19(18)14-22/h2-10,12,14-16,28,37H,11,13,17H2,1H3. The van der Waals surface area contributed by atoms with Crippen molar-refractivity contribution in [2.75, 3.05) is 20.3 Å². The summed E-state index contributed by atoms with van der Waals surface area (Å²) in [5, 5.41) is 12.5. The number of methoxy groups -OCH3 is 1. The van der Waals surface area contributed by atoms with Gasteiger partial charge in [0, 0.05) is 19.2 Å². The van der Waals surface area contributed by atoms with E-state index in [0.29, 0.717) is 29.1 Å². The van der Waals surface area contributed by atoms with Crippen LogP contribution in [0.4, 0.5) is 13.2 Å². The largest absolute Gasteiger partial charge is 0.504 e. The summed E-state index contributed by atoms with van der Waals surface area (Å²) in [7, 11) is 1.43. The molecular weight excluding hydrogens is 523 g/mol. The maximum absolute atomic E-state index is 13.6. The Labute approximate surface area is 227 Å². The number of alkyl halides is 3. The van der Waals surface area contributed by atoms with Gasteiger partial charge in [-0.25, -0.2) is 4.98 Å². The molecule has 6 rings (SSSR count). The van der Waals surface area contributed by atoms with Gasteiger partial charge in [0.15, 0.2) is 18.1 Å². The number of halogens is 3. The second-order valence-electron chi connectivity index (χ2n) is 9.55. The number of benzene rings is 3. The molecule has 204 valence electrons. The molecule has 3 heterocycles. The number of imidazole rings is 1. The molecule has 1 N–H and O–H groups in total. The Bertz CT molecular complexity index is 1750. The predicted octanol–water partition coefficient (Wildman–Crippen LogP) is 5.77. The monoisotopic (exact) mass is 547 g/mol. The number of aromatic nitrogens is 2. The van der Waals surface area contributed by atoms with Crippen LogP contribution in [0.5, 0.6) is 17.2 Å². The molecule has 40 heavy (non-hydrogen) atoms. The van der Waals surface area contributed by atoms with E-state index in [9.17, 15) is 23.1 Å². The van der Waals surface area contributed by atoms with Crippen LogP contribution in [0.15, 0.2) is 79.0 Å². The number of hydrogen-bond acceptors (Lipinski definition) is 5. The van der Waals surface area contributed by atoms with Crippen molar-refractivity contribution in [3.05, 3.63) is 102 Å². The molecule has 7 nitrogen and oxygen atoms in total. The highest BCUT2D eigenvalue weighted by Crippen LogP contribution is 2.40. The number of carbonyl (C=O) groups is 1. The summed E-state index contributed by atoms with van der Waals surface area (Å²) in [5.74, 6) is 0.351. The molecule has 0 radical (unpaired) electrons. The molecule has 3 aromatic carbocycles. The van der Waals surface area contributed by atoms with Crippen molar-refractivity contribution in [3.8, 4) is 17.2 Å². The molecule has 1 unspecified atom stereocenters. The van der Waals surface area contributed by atoms with Crippen molar-refractivity contribution in [3.63, 3.8) is 0 Å². The first kappa shape index (κ1) is 25.5. The maximum Gasteiger partial charge on any atom is 0.416 e. The second-order valence-corrected chi connectivity index (χ2v) is 9.55. The molecule has 0 spiro atoms. The van der Waals surface area contributed by atoms with Crippen molar-refractivity contribution in [1.82, 2.24) is 14.3 Å². The number of phenolic OH excluding ortho intramolecular Hbond substituents is 1. The van der Waals surface area contributed by atoms with Crippen LogP contribution in [-0.2, 0) is 17.4 Å². The van der Waals surface area contributed by atoms with Crippen LogP contribution in [0.25, 0.3) is 16.4 Å². The fraction of sp³-hybridized carbons (Fsp3) is 0.200. The Kier molecular flexibility index (Phi) is 6.25. The topological polar surface area (TPSA) is 76.3 Å². The molecule has 10 heteroatoms. The molecule has 1 amide bonds. The molecule has 2 aromatic heterocycles. The number of phenols is 1. The Balaban J connectivity index is 1.37. The summed E-state index contributed by atoms with van der Waals surface area (Å²) >= 11 is 0. The van der Waals surface area contributed by atoms with Crippen LogP contribution in [0.1, 0.15) is 28.6 Å². The average molecular weight is 548 g/mol. The molecular formula is C30H24F3N3O4. The number of pyridine rings is 1. The quantitative estimate of drug-likeness (QED) is 0.302. The Morgan fingerprint density at radius 1 is 1.05 bits per heavy atom. The number of carbonyl (C=O) groups excluding carboxylic acids is 1.